The Balaban J connectivity index is 2.20. The van der Waals surface area contributed by atoms with E-state index in [9.17, 15) is 9.59 Å². The quantitative estimate of drug-likeness (QED) is 0.516. The smallest absolute Gasteiger partial charge is 0.303 e. The van der Waals surface area contributed by atoms with Crippen molar-refractivity contribution in [3.05, 3.63) is 0 Å². The molecular formula is C11H19N2O3+. The standard InChI is InChI=1S/C11H18N2O3/c1-13-7-3-4-9(8-13)11(16)12-6-2-5-10(14)15/h7,9H,2-6,8H2,1H3,(H-,12,14,15,16)/p+1. The Morgan fingerprint density at radius 1 is 1.56 bits per heavy atom. The maximum atomic E-state index is 11.7. The number of carbonyl (C=O) groups excluding carboxylic acids is 1. The summed E-state index contributed by atoms with van der Waals surface area (Å²) in [5.41, 5.74) is 0. The number of aliphatic carboxylic acids is 1. The Kier molecular flexibility index (Phi) is 4.95. The van der Waals surface area contributed by atoms with Gasteiger partial charge in [0.2, 0.25) is 5.91 Å². The van der Waals surface area contributed by atoms with Crippen molar-refractivity contribution < 1.29 is 19.3 Å². The molecule has 0 aromatic rings. The summed E-state index contributed by atoms with van der Waals surface area (Å²) in [7, 11) is 1.96. The van der Waals surface area contributed by atoms with Crippen molar-refractivity contribution in [1.82, 2.24) is 5.32 Å². The van der Waals surface area contributed by atoms with Gasteiger partial charge in [-0.3, -0.25) is 9.59 Å². The van der Waals surface area contributed by atoms with E-state index >= 15 is 0 Å². The van der Waals surface area contributed by atoms with Gasteiger partial charge in [0.15, 0.2) is 6.54 Å². The summed E-state index contributed by atoms with van der Waals surface area (Å²) in [5.74, 6) is -0.730. The van der Waals surface area contributed by atoms with Crippen LogP contribution in [0.3, 0.4) is 0 Å². The fourth-order valence-corrected chi connectivity index (χ4v) is 1.82. The van der Waals surface area contributed by atoms with Gasteiger partial charge in [-0.15, -0.1) is 0 Å². The highest BCUT2D eigenvalue weighted by molar-refractivity contribution is 5.79. The molecular weight excluding hydrogens is 208 g/mol. The molecule has 16 heavy (non-hydrogen) atoms. The van der Waals surface area contributed by atoms with Crippen molar-refractivity contribution in [1.29, 1.82) is 0 Å². The van der Waals surface area contributed by atoms with Crippen LogP contribution < -0.4 is 5.32 Å². The second kappa shape index (κ2) is 6.25. The van der Waals surface area contributed by atoms with Gasteiger partial charge in [-0.25, -0.2) is 4.58 Å². The molecule has 1 aliphatic heterocycles. The summed E-state index contributed by atoms with van der Waals surface area (Å²) in [4.78, 5) is 22.0. The van der Waals surface area contributed by atoms with Gasteiger partial charge in [-0.05, 0) is 12.8 Å². The Morgan fingerprint density at radius 3 is 2.94 bits per heavy atom. The number of nitrogens with one attached hydrogen (secondary N) is 1. The third-order valence-corrected chi connectivity index (χ3v) is 2.70. The van der Waals surface area contributed by atoms with E-state index in [1.54, 1.807) is 0 Å². The van der Waals surface area contributed by atoms with E-state index in [1.165, 1.54) is 0 Å². The van der Waals surface area contributed by atoms with Crippen LogP contribution in [0.4, 0.5) is 0 Å². The van der Waals surface area contributed by atoms with Crippen molar-refractivity contribution in [2.75, 3.05) is 20.1 Å². The fraction of sp³-hybridized carbons (Fsp3) is 0.727. The minimum atomic E-state index is -0.818. The van der Waals surface area contributed by atoms with Crippen LogP contribution >= 0.6 is 0 Å². The fourth-order valence-electron chi connectivity index (χ4n) is 1.82. The van der Waals surface area contributed by atoms with Crippen LogP contribution in [-0.2, 0) is 9.59 Å². The maximum absolute atomic E-state index is 11.7. The number of hydrogen-bond donors (Lipinski definition) is 2. The molecule has 5 heteroatoms. The zero-order valence-electron chi connectivity index (χ0n) is 9.61. The average molecular weight is 227 g/mol. The number of carboxylic acid groups (broad SMARTS) is 1. The molecule has 0 aromatic heterocycles. The zero-order chi connectivity index (χ0) is 12.0. The molecule has 90 valence electrons. The Bertz CT molecular complexity index is 300. The summed E-state index contributed by atoms with van der Waals surface area (Å²) in [5, 5.41) is 11.2. The summed E-state index contributed by atoms with van der Waals surface area (Å²) < 4.78 is 2.03. The number of amides is 1. The molecule has 1 heterocycles. The van der Waals surface area contributed by atoms with E-state index in [1.807, 2.05) is 11.6 Å². The summed E-state index contributed by atoms with van der Waals surface area (Å²) in [6.45, 7) is 1.21. The summed E-state index contributed by atoms with van der Waals surface area (Å²) in [6.07, 6.45) is 4.52. The monoisotopic (exact) mass is 227 g/mol. The van der Waals surface area contributed by atoms with Crippen LogP contribution in [0.1, 0.15) is 25.7 Å². The molecule has 1 amide bonds. The van der Waals surface area contributed by atoms with Crippen LogP contribution in [0, 0.1) is 5.92 Å². The van der Waals surface area contributed by atoms with Crippen molar-refractivity contribution in [2.24, 2.45) is 5.92 Å². The molecule has 1 aliphatic rings. The van der Waals surface area contributed by atoms with E-state index in [0.717, 1.165) is 19.4 Å². The summed E-state index contributed by atoms with van der Waals surface area (Å²) in [6, 6.07) is 0. The molecule has 0 radical (unpaired) electrons. The van der Waals surface area contributed by atoms with Crippen LogP contribution in [0.25, 0.3) is 0 Å². The lowest BCUT2D eigenvalue weighted by molar-refractivity contribution is -0.503. The number of rotatable bonds is 5. The van der Waals surface area contributed by atoms with Gasteiger partial charge in [0, 0.05) is 19.4 Å². The highest BCUT2D eigenvalue weighted by Gasteiger charge is 2.24. The molecule has 1 unspecified atom stereocenters. The summed E-state index contributed by atoms with van der Waals surface area (Å²) >= 11 is 0. The lowest BCUT2D eigenvalue weighted by atomic mass is 10.00. The van der Waals surface area contributed by atoms with Gasteiger partial charge in [-0.2, -0.15) is 0 Å². The van der Waals surface area contributed by atoms with Gasteiger partial charge in [0.25, 0.3) is 0 Å². The van der Waals surface area contributed by atoms with Gasteiger partial charge in [0.1, 0.15) is 13.3 Å². The van der Waals surface area contributed by atoms with E-state index in [-0.39, 0.29) is 18.2 Å². The first-order valence-corrected chi connectivity index (χ1v) is 5.62. The molecule has 0 aliphatic carbocycles. The predicted octanol–water partition coefficient (Wildman–Crippen LogP) is 0.0905. The first-order chi connectivity index (χ1) is 7.59. The third kappa shape index (κ3) is 4.42. The molecule has 0 fully saturated rings. The van der Waals surface area contributed by atoms with Crippen molar-refractivity contribution in [3.8, 4) is 0 Å². The number of hydrogen-bond acceptors (Lipinski definition) is 2. The second-order valence-electron chi connectivity index (χ2n) is 4.18. The minimum absolute atomic E-state index is 0.0415. The van der Waals surface area contributed by atoms with Crippen LogP contribution in [0.5, 0.6) is 0 Å². The normalized spacial score (nSPS) is 20.1. The van der Waals surface area contributed by atoms with E-state index < -0.39 is 5.97 Å². The van der Waals surface area contributed by atoms with Crippen LogP contribution in [0.2, 0.25) is 0 Å². The highest BCUT2D eigenvalue weighted by atomic mass is 16.4. The average Bonchev–Trinajstić information content (AvgIpc) is 2.24. The molecule has 0 bridgehead atoms. The Labute approximate surface area is 95.2 Å². The highest BCUT2D eigenvalue weighted by Crippen LogP contribution is 2.09. The zero-order valence-corrected chi connectivity index (χ0v) is 9.61. The molecule has 1 rings (SSSR count). The molecule has 1 atom stereocenters. The first kappa shape index (κ1) is 12.7. The Morgan fingerprint density at radius 2 is 2.31 bits per heavy atom. The van der Waals surface area contributed by atoms with Crippen molar-refractivity contribution in [3.63, 3.8) is 0 Å². The maximum Gasteiger partial charge on any atom is 0.303 e. The molecule has 0 spiro atoms. The first-order valence-electron chi connectivity index (χ1n) is 5.62. The van der Waals surface area contributed by atoms with E-state index in [4.69, 9.17) is 5.11 Å². The Hall–Kier alpha value is -1.39. The van der Waals surface area contributed by atoms with Crippen molar-refractivity contribution in [2.45, 2.75) is 25.7 Å². The molecule has 0 saturated heterocycles. The van der Waals surface area contributed by atoms with E-state index in [2.05, 4.69) is 11.5 Å². The predicted molar refractivity (Wildman–Crippen MR) is 59.7 cm³/mol. The number of carboxylic acids is 1. The second-order valence-corrected chi connectivity index (χ2v) is 4.18. The lowest BCUT2D eigenvalue weighted by Crippen LogP contribution is -2.38. The topological polar surface area (TPSA) is 69.4 Å². The number of carbonyl (C=O) groups is 2. The SMILES string of the molecule is C[N+]1=CCCC(C(=O)NCCCC(=O)O)C1. The van der Waals surface area contributed by atoms with Crippen molar-refractivity contribution >= 4 is 18.1 Å². The van der Waals surface area contributed by atoms with Gasteiger partial charge < -0.3 is 10.4 Å². The number of nitrogens with zero attached hydrogens (tertiary/aromatic N) is 1. The van der Waals surface area contributed by atoms with E-state index in [0.29, 0.717) is 13.0 Å². The van der Waals surface area contributed by atoms with Crippen LogP contribution in [0.15, 0.2) is 0 Å². The molecule has 0 aromatic carbocycles. The molecule has 5 nitrogen and oxygen atoms in total. The molecule has 0 saturated carbocycles. The van der Waals surface area contributed by atoms with Gasteiger partial charge in [0.05, 0.1) is 5.92 Å². The molecule has 2 N–H and O–H groups in total. The lowest BCUT2D eigenvalue weighted by Gasteiger charge is -2.16. The third-order valence-electron chi connectivity index (χ3n) is 2.70. The van der Waals surface area contributed by atoms with Crippen LogP contribution in [-0.4, -0.2) is 47.9 Å². The van der Waals surface area contributed by atoms with Gasteiger partial charge in [-0.1, -0.05) is 0 Å². The minimum Gasteiger partial charge on any atom is -0.481 e. The largest absolute Gasteiger partial charge is 0.481 e. The van der Waals surface area contributed by atoms with Gasteiger partial charge >= 0.3 is 5.97 Å².